The maximum absolute atomic E-state index is 10.6. The Morgan fingerprint density at radius 1 is 1.60 bits per heavy atom. The summed E-state index contributed by atoms with van der Waals surface area (Å²) in [6.07, 6.45) is 1.69. The minimum atomic E-state index is -0.856. The lowest BCUT2D eigenvalue weighted by Crippen LogP contribution is -2.21. The third kappa shape index (κ3) is 4.40. The third-order valence-corrected chi connectivity index (χ3v) is 3.85. The number of aliphatic hydroxyl groups is 1. The van der Waals surface area contributed by atoms with Crippen LogP contribution in [-0.2, 0) is 9.53 Å². The number of carbonyl (C=O) groups is 1. The molecule has 0 radical (unpaired) electrons. The Bertz CT molecular complexity index is 210. The molecule has 15 heavy (non-hydrogen) atoms. The largest absolute Gasteiger partial charge is 0.479 e. The van der Waals surface area contributed by atoms with Gasteiger partial charge >= 0.3 is 5.97 Å². The molecule has 5 heteroatoms. The van der Waals surface area contributed by atoms with Crippen molar-refractivity contribution in [2.45, 2.75) is 43.6 Å². The van der Waals surface area contributed by atoms with Gasteiger partial charge in [-0.05, 0) is 19.3 Å². The summed E-state index contributed by atoms with van der Waals surface area (Å²) in [6.45, 7) is 2.27. The van der Waals surface area contributed by atoms with E-state index < -0.39 is 12.1 Å². The SMILES string of the molecule is CC(CCO)SCC1CCC(C(=O)O)O1. The molecule has 1 heterocycles. The first-order chi connectivity index (χ1) is 7.13. The van der Waals surface area contributed by atoms with E-state index in [1.807, 2.05) is 0 Å². The number of carboxylic acids is 1. The van der Waals surface area contributed by atoms with Gasteiger partial charge < -0.3 is 14.9 Å². The number of rotatable bonds is 6. The van der Waals surface area contributed by atoms with E-state index in [1.165, 1.54) is 0 Å². The van der Waals surface area contributed by atoms with E-state index in [9.17, 15) is 4.79 Å². The monoisotopic (exact) mass is 234 g/mol. The first-order valence-corrected chi connectivity index (χ1v) is 6.29. The summed E-state index contributed by atoms with van der Waals surface area (Å²) >= 11 is 1.73. The highest BCUT2D eigenvalue weighted by atomic mass is 32.2. The van der Waals surface area contributed by atoms with E-state index in [0.29, 0.717) is 11.7 Å². The molecule has 1 rings (SSSR count). The van der Waals surface area contributed by atoms with Crippen LogP contribution in [0.4, 0.5) is 0 Å². The van der Waals surface area contributed by atoms with Crippen molar-refractivity contribution in [2.75, 3.05) is 12.4 Å². The Morgan fingerprint density at radius 2 is 2.33 bits per heavy atom. The zero-order valence-electron chi connectivity index (χ0n) is 8.89. The standard InChI is InChI=1S/C10H18O4S/c1-7(4-5-11)15-6-8-2-3-9(14-8)10(12)13/h7-9,11H,2-6H2,1H3,(H,12,13). The maximum atomic E-state index is 10.6. The average molecular weight is 234 g/mol. The van der Waals surface area contributed by atoms with Crippen molar-refractivity contribution in [3.05, 3.63) is 0 Å². The van der Waals surface area contributed by atoms with Gasteiger partial charge in [-0.3, -0.25) is 0 Å². The van der Waals surface area contributed by atoms with Crippen LogP contribution in [0.15, 0.2) is 0 Å². The number of aliphatic carboxylic acids is 1. The molecule has 2 N–H and O–H groups in total. The van der Waals surface area contributed by atoms with E-state index in [2.05, 4.69) is 6.92 Å². The van der Waals surface area contributed by atoms with E-state index in [4.69, 9.17) is 14.9 Å². The van der Waals surface area contributed by atoms with Crippen LogP contribution < -0.4 is 0 Å². The van der Waals surface area contributed by atoms with Crippen molar-refractivity contribution in [2.24, 2.45) is 0 Å². The summed E-state index contributed by atoms with van der Waals surface area (Å²) in [5, 5.41) is 17.9. The Kier molecular flexibility index (Phi) is 5.42. The first-order valence-electron chi connectivity index (χ1n) is 5.24. The van der Waals surface area contributed by atoms with Crippen LogP contribution in [-0.4, -0.2) is 46.0 Å². The highest BCUT2D eigenvalue weighted by molar-refractivity contribution is 7.99. The normalized spacial score (nSPS) is 27.9. The van der Waals surface area contributed by atoms with Crippen LogP contribution >= 0.6 is 11.8 Å². The summed E-state index contributed by atoms with van der Waals surface area (Å²) in [5.41, 5.74) is 0. The van der Waals surface area contributed by atoms with Gasteiger partial charge in [0.15, 0.2) is 6.10 Å². The molecule has 1 saturated heterocycles. The number of hydrogen-bond acceptors (Lipinski definition) is 4. The van der Waals surface area contributed by atoms with E-state index in [-0.39, 0.29) is 12.7 Å². The fraction of sp³-hybridized carbons (Fsp3) is 0.900. The lowest BCUT2D eigenvalue weighted by molar-refractivity contribution is -0.148. The Hall–Kier alpha value is -0.260. The molecule has 0 aromatic heterocycles. The number of aliphatic hydroxyl groups excluding tert-OH is 1. The molecule has 0 spiro atoms. The third-order valence-electron chi connectivity index (χ3n) is 2.49. The van der Waals surface area contributed by atoms with Gasteiger partial charge in [-0.1, -0.05) is 6.92 Å². The molecule has 1 fully saturated rings. The fourth-order valence-corrected chi connectivity index (χ4v) is 2.61. The highest BCUT2D eigenvalue weighted by Gasteiger charge is 2.30. The smallest absolute Gasteiger partial charge is 0.332 e. The van der Waals surface area contributed by atoms with Crippen LogP contribution in [0.1, 0.15) is 26.2 Å². The van der Waals surface area contributed by atoms with Gasteiger partial charge in [0.05, 0.1) is 6.10 Å². The maximum Gasteiger partial charge on any atom is 0.332 e. The molecule has 1 aliphatic heterocycles. The molecule has 3 atom stereocenters. The first kappa shape index (κ1) is 12.8. The van der Waals surface area contributed by atoms with E-state index in [1.54, 1.807) is 11.8 Å². The molecule has 3 unspecified atom stereocenters. The van der Waals surface area contributed by atoms with Crippen molar-refractivity contribution >= 4 is 17.7 Å². The molecule has 1 aliphatic rings. The summed E-state index contributed by atoms with van der Waals surface area (Å²) in [7, 11) is 0. The molecular weight excluding hydrogens is 216 g/mol. The predicted octanol–water partition coefficient (Wildman–Crippen LogP) is 1.12. The average Bonchev–Trinajstić information content (AvgIpc) is 2.63. The lowest BCUT2D eigenvalue weighted by Gasteiger charge is -2.14. The fourth-order valence-electron chi connectivity index (χ4n) is 1.55. The van der Waals surface area contributed by atoms with Gasteiger partial charge in [-0.15, -0.1) is 0 Å². The van der Waals surface area contributed by atoms with Crippen LogP contribution in [0, 0.1) is 0 Å². The molecule has 0 amide bonds. The summed E-state index contributed by atoms with van der Waals surface area (Å²) in [6, 6.07) is 0. The lowest BCUT2D eigenvalue weighted by atomic mass is 10.2. The predicted molar refractivity (Wildman–Crippen MR) is 59.2 cm³/mol. The minimum Gasteiger partial charge on any atom is -0.479 e. The van der Waals surface area contributed by atoms with Crippen molar-refractivity contribution in [3.8, 4) is 0 Å². The molecule has 4 nitrogen and oxygen atoms in total. The molecule has 0 aliphatic carbocycles. The summed E-state index contributed by atoms with van der Waals surface area (Å²) < 4.78 is 5.37. The van der Waals surface area contributed by atoms with Gasteiger partial charge in [0, 0.05) is 17.6 Å². The van der Waals surface area contributed by atoms with Crippen molar-refractivity contribution in [1.29, 1.82) is 0 Å². The second kappa shape index (κ2) is 6.35. The van der Waals surface area contributed by atoms with Gasteiger partial charge in [0.2, 0.25) is 0 Å². The molecular formula is C10H18O4S. The van der Waals surface area contributed by atoms with Crippen molar-refractivity contribution in [1.82, 2.24) is 0 Å². The topological polar surface area (TPSA) is 66.8 Å². The second-order valence-electron chi connectivity index (χ2n) is 3.82. The quantitative estimate of drug-likeness (QED) is 0.721. The molecule has 0 saturated carbocycles. The molecule has 0 aromatic carbocycles. The van der Waals surface area contributed by atoms with Crippen LogP contribution in [0.2, 0.25) is 0 Å². The Morgan fingerprint density at radius 3 is 2.87 bits per heavy atom. The second-order valence-corrected chi connectivity index (χ2v) is 5.29. The van der Waals surface area contributed by atoms with Crippen LogP contribution in [0.5, 0.6) is 0 Å². The van der Waals surface area contributed by atoms with Crippen LogP contribution in [0.3, 0.4) is 0 Å². The summed E-state index contributed by atoms with van der Waals surface area (Å²) in [4.78, 5) is 10.6. The van der Waals surface area contributed by atoms with Gasteiger partial charge in [0.25, 0.3) is 0 Å². The zero-order valence-corrected chi connectivity index (χ0v) is 9.70. The van der Waals surface area contributed by atoms with Gasteiger partial charge in [-0.2, -0.15) is 11.8 Å². The van der Waals surface area contributed by atoms with Crippen molar-refractivity contribution in [3.63, 3.8) is 0 Å². The van der Waals surface area contributed by atoms with Crippen LogP contribution in [0.25, 0.3) is 0 Å². The number of thioether (sulfide) groups is 1. The van der Waals surface area contributed by atoms with Crippen molar-refractivity contribution < 1.29 is 19.7 Å². The number of hydrogen-bond donors (Lipinski definition) is 2. The Labute approximate surface area is 94.0 Å². The van der Waals surface area contributed by atoms with E-state index >= 15 is 0 Å². The molecule has 0 bridgehead atoms. The number of ether oxygens (including phenoxy) is 1. The minimum absolute atomic E-state index is 0.0669. The Balaban J connectivity index is 2.16. The van der Waals surface area contributed by atoms with Gasteiger partial charge in [-0.25, -0.2) is 4.79 Å². The highest BCUT2D eigenvalue weighted by Crippen LogP contribution is 2.25. The summed E-state index contributed by atoms with van der Waals surface area (Å²) in [5.74, 6) is -0.0313. The number of carboxylic acid groups (broad SMARTS) is 1. The van der Waals surface area contributed by atoms with Gasteiger partial charge in [0.1, 0.15) is 0 Å². The molecule has 88 valence electrons. The van der Waals surface area contributed by atoms with E-state index in [0.717, 1.165) is 18.6 Å². The molecule has 0 aromatic rings. The zero-order chi connectivity index (χ0) is 11.3.